The van der Waals surface area contributed by atoms with Crippen LogP contribution in [0, 0.1) is 0 Å². The molecule has 0 saturated carbocycles. The second kappa shape index (κ2) is 6.39. The zero-order valence-corrected chi connectivity index (χ0v) is 8.39. The van der Waals surface area contributed by atoms with Crippen molar-refractivity contribution < 1.29 is 17.3 Å². The van der Waals surface area contributed by atoms with Crippen molar-refractivity contribution in [2.24, 2.45) is 0 Å². The predicted octanol–water partition coefficient (Wildman–Crippen LogP) is 0.779. The Labute approximate surface area is 74.0 Å². The molecule has 0 amide bonds. The molecule has 12 heavy (non-hydrogen) atoms. The van der Waals surface area contributed by atoms with Gasteiger partial charge in [-0.3, -0.25) is 4.18 Å². The van der Waals surface area contributed by atoms with Crippen molar-refractivity contribution in [1.82, 2.24) is 0 Å². The van der Waals surface area contributed by atoms with E-state index >= 15 is 0 Å². The van der Waals surface area contributed by atoms with E-state index in [0.29, 0.717) is 19.6 Å². The zero-order chi connectivity index (χ0) is 9.45. The topological polar surface area (TPSA) is 52.6 Å². The fourth-order valence-corrected chi connectivity index (χ4v) is 1.61. The SMILES string of the molecule is CCCS(=O)(=O)OCCOCC. The Morgan fingerprint density at radius 2 is 1.83 bits per heavy atom. The summed E-state index contributed by atoms with van der Waals surface area (Å²) in [7, 11) is -3.29. The summed E-state index contributed by atoms with van der Waals surface area (Å²) in [4.78, 5) is 0. The standard InChI is InChI=1S/C7H16O4S/c1-3-7-12(8,9)11-6-5-10-4-2/h3-7H2,1-2H3. The van der Waals surface area contributed by atoms with E-state index in [1.807, 2.05) is 6.92 Å². The van der Waals surface area contributed by atoms with Gasteiger partial charge in [0.05, 0.1) is 19.0 Å². The maximum Gasteiger partial charge on any atom is 0.267 e. The van der Waals surface area contributed by atoms with Gasteiger partial charge in [-0.05, 0) is 13.3 Å². The quantitative estimate of drug-likeness (QED) is 0.446. The number of hydrogen-bond donors (Lipinski definition) is 0. The lowest BCUT2D eigenvalue weighted by atomic mass is 10.6. The average molecular weight is 196 g/mol. The second-order valence-electron chi connectivity index (χ2n) is 2.28. The van der Waals surface area contributed by atoms with Crippen LogP contribution in [0.5, 0.6) is 0 Å². The lowest BCUT2D eigenvalue weighted by Crippen LogP contribution is -2.13. The monoisotopic (exact) mass is 196 g/mol. The molecule has 0 aromatic rings. The van der Waals surface area contributed by atoms with Crippen LogP contribution < -0.4 is 0 Å². The third-order valence-electron chi connectivity index (χ3n) is 1.15. The summed E-state index contributed by atoms with van der Waals surface area (Å²) in [5.41, 5.74) is 0. The lowest BCUT2D eigenvalue weighted by Gasteiger charge is -2.03. The Kier molecular flexibility index (Phi) is 6.32. The summed E-state index contributed by atoms with van der Waals surface area (Å²) < 4.78 is 31.4. The molecule has 0 aliphatic carbocycles. The van der Waals surface area contributed by atoms with Crippen LogP contribution in [0.2, 0.25) is 0 Å². The Morgan fingerprint density at radius 3 is 2.33 bits per heavy atom. The van der Waals surface area contributed by atoms with Crippen molar-refractivity contribution in [2.75, 3.05) is 25.6 Å². The van der Waals surface area contributed by atoms with E-state index in [2.05, 4.69) is 4.18 Å². The van der Waals surface area contributed by atoms with E-state index in [4.69, 9.17) is 4.74 Å². The predicted molar refractivity (Wildman–Crippen MR) is 46.5 cm³/mol. The largest absolute Gasteiger partial charge is 0.379 e. The molecule has 0 rings (SSSR count). The third-order valence-corrected chi connectivity index (χ3v) is 2.58. The molecule has 0 aliphatic heterocycles. The molecule has 5 heteroatoms. The second-order valence-corrected chi connectivity index (χ2v) is 4.04. The molecule has 0 atom stereocenters. The minimum atomic E-state index is -3.29. The van der Waals surface area contributed by atoms with Crippen LogP contribution in [0.4, 0.5) is 0 Å². The summed E-state index contributed by atoms with van der Waals surface area (Å²) in [5, 5.41) is 0. The van der Waals surface area contributed by atoms with Gasteiger partial charge in [0.1, 0.15) is 0 Å². The van der Waals surface area contributed by atoms with Gasteiger partial charge in [-0.25, -0.2) is 0 Å². The van der Waals surface area contributed by atoms with Crippen LogP contribution in [-0.4, -0.2) is 34.0 Å². The first-order valence-corrected chi connectivity index (χ1v) is 5.65. The normalized spacial score (nSPS) is 11.8. The van der Waals surface area contributed by atoms with Crippen LogP contribution in [0.3, 0.4) is 0 Å². The highest BCUT2D eigenvalue weighted by atomic mass is 32.2. The molecule has 0 radical (unpaired) electrons. The van der Waals surface area contributed by atoms with E-state index in [1.165, 1.54) is 0 Å². The van der Waals surface area contributed by atoms with Crippen molar-refractivity contribution in [3.05, 3.63) is 0 Å². The van der Waals surface area contributed by atoms with Gasteiger partial charge in [-0.15, -0.1) is 0 Å². The summed E-state index contributed by atoms with van der Waals surface area (Å²) in [6.45, 7) is 4.68. The molecule has 0 fully saturated rings. The van der Waals surface area contributed by atoms with Crippen LogP contribution in [0.15, 0.2) is 0 Å². The third kappa shape index (κ3) is 6.57. The first-order chi connectivity index (χ1) is 5.62. The van der Waals surface area contributed by atoms with Gasteiger partial charge in [0.25, 0.3) is 10.1 Å². The molecule has 0 aromatic carbocycles. The summed E-state index contributed by atoms with van der Waals surface area (Å²) in [5.74, 6) is 0.0825. The highest BCUT2D eigenvalue weighted by Gasteiger charge is 2.08. The Morgan fingerprint density at radius 1 is 1.17 bits per heavy atom. The fourth-order valence-electron chi connectivity index (χ4n) is 0.673. The van der Waals surface area contributed by atoms with Crippen LogP contribution in [-0.2, 0) is 19.0 Å². The van der Waals surface area contributed by atoms with Crippen molar-refractivity contribution in [1.29, 1.82) is 0 Å². The van der Waals surface area contributed by atoms with Gasteiger partial charge in [-0.1, -0.05) is 6.92 Å². The lowest BCUT2D eigenvalue weighted by molar-refractivity contribution is 0.112. The van der Waals surface area contributed by atoms with E-state index in [0.717, 1.165) is 0 Å². The van der Waals surface area contributed by atoms with Gasteiger partial charge >= 0.3 is 0 Å². The van der Waals surface area contributed by atoms with Crippen LogP contribution >= 0.6 is 0 Å². The maximum absolute atomic E-state index is 10.9. The van der Waals surface area contributed by atoms with Gasteiger partial charge in [0.2, 0.25) is 0 Å². The van der Waals surface area contributed by atoms with Gasteiger partial charge in [-0.2, -0.15) is 8.42 Å². The maximum atomic E-state index is 10.9. The zero-order valence-electron chi connectivity index (χ0n) is 7.58. The van der Waals surface area contributed by atoms with E-state index in [1.54, 1.807) is 6.92 Å². The minimum Gasteiger partial charge on any atom is -0.379 e. The Bertz CT molecular complexity index is 186. The number of hydrogen-bond acceptors (Lipinski definition) is 4. The Hall–Kier alpha value is -0.130. The molecule has 0 unspecified atom stereocenters. The molecule has 0 heterocycles. The summed E-state index contributed by atoms with van der Waals surface area (Å²) in [6, 6.07) is 0. The molecule has 0 bridgehead atoms. The van der Waals surface area contributed by atoms with Crippen molar-refractivity contribution in [2.45, 2.75) is 20.3 Å². The van der Waals surface area contributed by atoms with E-state index in [9.17, 15) is 8.42 Å². The highest BCUT2D eigenvalue weighted by molar-refractivity contribution is 7.86. The van der Waals surface area contributed by atoms with Crippen molar-refractivity contribution in [3.63, 3.8) is 0 Å². The number of rotatable bonds is 7. The molecule has 4 nitrogen and oxygen atoms in total. The molecule has 0 N–H and O–H groups in total. The molecular weight excluding hydrogens is 180 g/mol. The molecule has 0 saturated heterocycles. The van der Waals surface area contributed by atoms with Crippen molar-refractivity contribution >= 4 is 10.1 Å². The average Bonchev–Trinajstić information content (AvgIpc) is 1.98. The smallest absolute Gasteiger partial charge is 0.267 e. The summed E-state index contributed by atoms with van der Waals surface area (Å²) >= 11 is 0. The molecular formula is C7H16O4S. The molecule has 0 aromatic heterocycles. The minimum absolute atomic E-state index is 0.0825. The van der Waals surface area contributed by atoms with E-state index in [-0.39, 0.29) is 12.4 Å². The Balaban J connectivity index is 3.48. The first kappa shape index (κ1) is 11.9. The fraction of sp³-hybridized carbons (Fsp3) is 1.00. The van der Waals surface area contributed by atoms with Gasteiger partial charge in [0.15, 0.2) is 0 Å². The first-order valence-electron chi connectivity index (χ1n) is 4.07. The van der Waals surface area contributed by atoms with Crippen molar-refractivity contribution in [3.8, 4) is 0 Å². The van der Waals surface area contributed by atoms with Crippen LogP contribution in [0.1, 0.15) is 20.3 Å². The summed E-state index contributed by atoms with van der Waals surface area (Å²) in [6.07, 6.45) is 0.580. The molecule has 0 aliphatic rings. The van der Waals surface area contributed by atoms with Gasteiger partial charge < -0.3 is 4.74 Å². The van der Waals surface area contributed by atoms with Gasteiger partial charge in [0, 0.05) is 6.61 Å². The van der Waals surface area contributed by atoms with E-state index < -0.39 is 10.1 Å². The van der Waals surface area contributed by atoms with Crippen LogP contribution in [0.25, 0.3) is 0 Å². The molecule has 74 valence electrons. The highest BCUT2D eigenvalue weighted by Crippen LogP contribution is 1.95. The molecule has 0 spiro atoms. The number of ether oxygens (including phenoxy) is 1.